The second-order valence-electron chi connectivity index (χ2n) is 6.64. The van der Waals surface area contributed by atoms with Crippen LogP contribution in [0, 0.1) is 0 Å². The van der Waals surface area contributed by atoms with E-state index < -0.39 is 10.0 Å². The van der Waals surface area contributed by atoms with Crippen molar-refractivity contribution < 1.29 is 22.6 Å². The predicted octanol–water partition coefficient (Wildman–Crippen LogP) is 2.36. The highest BCUT2D eigenvalue weighted by atomic mass is 32.2. The third kappa shape index (κ3) is 4.12. The van der Waals surface area contributed by atoms with E-state index in [-0.39, 0.29) is 11.0 Å². The molecule has 2 N–H and O–H groups in total. The fraction of sp³-hybridized carbons (Fsp3) is 0.250. The Bertz CT molecular complexity index is 1100. The molecule has 1 fully saturated rings. The number of nitrogens with zero attached hydrogens (tertiary/aromatic N) is 2. The fourth-order valence-electron chi connectivity index (χ4n) is 3.22. The number of hydrogen-bond donors (Lipinski definition) is 1. The van der Waals surface area contributed by atoms with E-state index in [1.165, 1.54) is 12.1 Å². The number of primary sulfonamides is 1. The summed E-state index contributed by atoms with van der Waals surface area (Å²) in [5, 5.41) is 9.55. The Hall–Kier alpha value is -2.88. The number of aromatic nitrogens is 2. The lowest BCUT2D eigenvalue weighted by molar-refractivity contribution is 0.138. The van der Waals surface area contributed by atoms with Crippen molar-refractivity contribution in [1.82, 2.24) is 9.78 Å². The summed E-state index contributed by atoms with van der Waals surface area (Å²) in [6.07, 6.45) is 2.51. The Morgan fingerprint density at radius 3 is 2.59 bits per heavy atom. The summed E-state index contributed by atoms with van der Waals surface area (Å²) in [6.45, 7) is 1.25. The normalized spacial score (nSPS) is 16.7. The third-order valence-electron chi connectivity index (χ3n) is 4.69. The number of nitrogens with two attached hydrogens (primary N) is 1. The van der Waals surface area contributed by atoms with Gasteiger partial charge >= 0.3 is 0 Å². The van der Waals surface area contributed by atoms with Gasteiger partial charge in [-0.25, -0.2) is 18.2 Å². The van der Waals surface area contributed by atoms with E-state index in [0.29, 0.717) is 30.4 Å². The molecule has 0 bridgehead atoms. The summed E-state index contributed by atoms with van der Waals surface area (Å²) in [6, 6.07) is 13.8. The van der Waals surface area contributed by atoms with Crippen LogP contribution in [0.4, 0.5) is 0 Å². The molecule has 3 aromatic rings. The van der Waals surface area contributed by atoms with Crippen molar-refractivity contribution in [2.45, 2.75) is 17.4 Å². The molecular weight excluding hydrogens is 394 g/mol. The Kier molecular flexibility index (Phi) is 5.27. The molecule has 0 radical (unpaired) electrons. The minimum atomic E-state index is -3.75. The molecule has 1 aliphatic heterocycles. The fourth-order valence-corrected chi connectivity index (χ4v) is 3.73. The number of sulfonamides is 1. The lowest BCUT2D eigenvalue weighted by Gasteiger charge is -2.16. The molecule has 152 valence electrons. The molecule has 8 nitrogen and oxygen atoms in total. The zero-order valence-electron chi connectivity index (χ0n) is 15.8. The molecule has 2 heterocycles. The first kappa shape index (κ1) is 19.4. The summed E-state index contributed by atoms with van der Waals surface area (Å²) < 4.78 is 41.6. The third-order valence-corrected chi connectivity index (χ3v) is 5.62. The molecule has 1 aromatic heterocycles. The monoisotopic (exact) mass is 415 g/mol. The van der Waals surface area contributed by atoms with Crippen LogP contribution in [0.3, 0.4) is 0 Å². The summed E-state index contributed by atoms with van der Waals surface area (Å²) >= 11 is 0. The van der Waals surface area contributed by atoms with Crippen LogP contribution < -0.4 is 14.6 Å². The zero-order chi connectivity index (χ0) is 20.4. The SMILES string of the molecule is COc1ccc(-c2ccnn2-c2ccc(S(N)(=O)=O)cc2)cc1OC1CCOC1. The summed E-state index contributed by atoms with van der Waals surface area (Å²) in [5.74, 6) is 1.28. The van der Waals surface area contributed by atoms with Crippen molar-refractivity contribution >= 4 is 10.0 Å². The molecule has 0 spiro atoms. The van der Waals surface area contributed by atoms with Crippen LogP contribution >= 0.6 is 0 Å². The molecule has 0 aliphatic carbocycles. The molecule has 0 amide bonds. The van der Waals surface area contributed by atoms with E-state index in [1.54, 1.807) is 30.1 Å². The van der Waals surface area contributed by atoms with Gasteiger partial charge in [-0.2, -0.15) is 5.10 Å². The number of rotatable bonds is 6. The quantitative estimate of drug-likeness (QED) is 0.663. The summed E-state index contributed by atoms with van der Waals surface area (Å²) in [7, 11) is -2.14. The maximum absolute atomic E-state index is 11.5. The number of ether oxygens (including phenoxy) is 3. The van der Waals surface area contributed by atoms with Gasteiger partial charge in [-0.05, 0) is 48.5 Å². The topological polar surface area (TPSA) is 106 Å². The van der Waals surface area contributed by atoms with Gasteiger partial charge in [-0.1, -0.05) is 0 Å². The minimum absolute atomic E-state index is 0.00480. The smallest absolute Gasteiger partial charge is 0.238 e. The maximum Gasteiger partial charge on any atom is 0.238 e. The van der Waals surface area contributed by atoms with Crippen LogP contribution in [-0.4, -0.2) is 44.6 Å². The first-order valence-electron chi connectivity index (χ1n) is 9.06. The Balaban J connectivity index is 1.68. The van der Waals surface area contributed by atoms with E-state index in [2.05, 4.69) is 5.10 Å². The zero-order valence-corrected chi connectivity index (χ0v) is 16.6. The summed E-state index contributed by atoms with van der Waals surface area (Å²) in [4.78, 5) is 0.0499. The highest BCUT2D eigenvalue weighted by molar-refractivity contribution is 7.89. The van der Waals surface area contributed by atoms with Crippen LogP contribution in [0.25, 0.3) is 16.9 Å². The molecule has 1 saturated heterocycles. The number of methoxy groups -OCH3 is 1. The van der Waals surface area contributed by atoms with Crippen LogP contribution in [0.15, 0.2) is 59.6 Å². The van der Waals surface area contributed by atoms with Gasteiger partial charge in [-0.15, -0.1) is 0 Å². The first-order valence-corrected chi connectivity index (χ1v) is 10.6. The lowest BCUT2D eigenvalue weighted by Crippen LogP contribution is -2.16. The first-order chi connectivity index (χ1) is 14.0. The van der Waals surface area contributed by atoms with Gasteiger partial charge in [0.2, 0.25) is 10.0 Å². The average molecular weight is 415 g/mol. The van der Waals surface area contributed by atoms with Crippen molar-refractivity contribution in [2.24, 2.45) is 5.14 Å². The Morgan fingerprint density at radius 1 is 1.14 bits per heavy atom. The molecular formula is C20H21N3O5S. The predicted molar refractivity (Wildman–Crippen MR) is 107 cm³/mol. The van der Waals surface area contributed by atoms with Crippen LogP contribution in [0.2, 0.25) is 0 Å². The van der Waals surface area contributed by atoms with Gasteiger partial charge in [0.1, 0.15) is 6.10 Å². The second kappa shape index (κ2) is 7.86. The molecule has 4 rings (SSSR count). The van der Waals surface area contributed by atoms with Crippen molar-refractivity contribution in [3.05, 3.63) is 54.7 Å². The van der Waals surface area contributed by atoms with Crippen molar-refractivity contribution in [3.63, 3.8) is 0 Å². The van der Waals surface area contributed by atoms with E-state index in [4.69, 9.17) is 19.3 Å². The van der Waals surface area contributed by atoms with Crippen molar-refractivity contribution in [1.29, 1.82) is 0 Å². The highest BCUT2D eigenvalue weighted by Crippen LogP contribution is 2.34. The molecule has 1 aliphatic rings. The van der Waals surface area contributed by atoms with Gasteiger partial charge in [0.15, 0.2) is 11.5 Å². The number of benzene rings is 2. The average Bonchev–Trinajstić information content (AvgIpc) is 3.39. The van der Waals surface area contributed by atoms with E-state index in [1.807, 2.05) is 24.3 Å². The Labute approximate surface area is 168 Å². The Morgan fingerprint density at radius 2 is 1.93 bits per heavy atom. The molecule has 9 heteroatoms. The largest absolute Gasteiger partial charge is 0.493 e. The molecule has 2 aromatic carbocycles. The van der Waals surface area contributed by atoms with Crippen molar-refractivity contribution in [3.8, 4) is 28.4 Å². The lowest BCUT2D eigenvalue weighted by atomic mass is 10.1. The maximum atomic E-state index is 11.5. The van der Waals surface area contributed by atoms with Crippen LogP contribution in [0.5, 0.6) is 11.5 Å². The number of hydrogen-bond acceptors (Lipinski definition) is 6. The van der Waals surface area contributed by atoms with E-state index in [9.17, 15) is 8.42 Å². The standard InChI is InChI=1S/C20H21N3O5S/c1-26-19-7-2-14(12-20(19)28-16-9-11-27-13-16)18-8-10-22-23(18)15-3-5-17(6-4-15)29(21,24)25/h2-8,10,12,16H,9,11,13H2,1H3,(H2,21,24,25). The molecule has 1 unspecified atom stereocenters. The molecule has 1 atom stereocenters. The molecule has 0 saturated carbocycles. The van der Waals surface area contributed by atoms with Crippen LogP contribution in [-0.2, 0) is 14.8 Å². The molecule has 29 heavy (non-hydrogen) atoms. The second-order valence-corrected chi connectivity index (χ2v) is 8.20. The van der Waals surface area contributed by atoms with Gasteiger partial charge in [0.05, 0.1) is 42.8 Å². The minimum Gasteiger partial charge on any atom is -0.493 e. The van der Waals surface area contributed by atoms with Gasteiger partial charge in [0.25, 0.3) is 0 Å². The highest BCUT2D eigenvalue weighted by Gasteiger charge is 2.20. The van der Waals surface area contributed by atoms with E-state index >= 15 is 0 Å². The van der Waals surface area contributed by atoms with Gasteiger partial charge in [-0.3, -0.25) is 0 Å². The summed E-state index contributed by atoms with van der Waals surface area (Å²) in [5.41, 5.74) is 2.41. The van der Waals surface area contributed by atoms with Crippen molar-refractivity contribution in [2.75, 3.05) is 20.3 Å². The van der Waals surface area contributed by atoms with E-state index in [0.717, 1.165) is 17.7 Å². The van der Waals surface area contributed by atoms with Crippen LogP contribution in [0.1, 0.15) is 6.42 Å². The van der Waals surface area contributed by atoms with Gasteiger partial charge in [0, 0.05) is 12.0 Å². The van der Waals surface area contributed by atoms with Gasteiger partial charge < -0.3 is 14.2 Å².